The highest BCUT2D eigenvalue weighted by Crippen LogP contribution is 2.45. The van der Waals surface area contributed by atoms with E-state index in [4.69, 9.17) is 9.47 Å². The molecule has 2 aromatic rings. The van der Waals surface area contributed by atoms with Gasteiger partial charge in [-0.25, -0.2) is 9.37 Å². The zero-order chi connectivity index (χ0) is 17.8. The number of H-pyrrole nitrogens is 1. The van der Waals surface area contributed by atoms with E-state index in [9.17, 15) is 4.79 Å². The van der Waals surface area contributed by atoms with Crippen LogP contribution in [0.5, 0.6) is 0 Å². The number of carbonyl (C=O) groups is 1. The van der Waals surface area contributed by atoms with Crippen LogP contribution < -0.4 is 0 Å². The summed E-state index contributed by atoms with van der Waals surface area (Å²) in [5.41, 5.74) is 4.57. The number of aromatic nitrogens is 1. The molecule has 0 radical (unpaired) electrons. The van der Waals surface area contributed by atoms with Gasteiger partial charge in [0.05, 0.1) is 37.0 Å². The summed E-state index contributed by atoms with van der Waals surface area (Å²) >= 11 is 0. The van der Waals surface area contributed by atoms with E-state index in [0.29, 0.717) is 11.5 Å². The van der Waals surface area contributed by atoms with Gasteiger partial charge in [-0.15, -0.1) is 0 Å². The molecule has 4 atom stereocenters. The average Bonchev–Trinajstić information content (AvgIpc) is 3.06. The number of hydrogen-bond donors (Lipinski definition) is 1. The Kier molecular flexibility index (Phi) is 3.45. The third-order valence-corrected chi connectivity index (χ3v) is 6.36. The second kappa shape index (κ2) is 5.73. The largest absolute Gasteiger partial charge is 0.497 e. The van der Waals surface area contributed by atoms with Crippen molar-refractivity contribution in [3.05, 3.63) is 47.4 Å². The Labute approximate surface area is 152 Å². The third kappa shape index (κ3) is 2.16. The van der Waals surface area contributed by atoms with Crippen LogP contribution in [0.1, 0.15) is 30.6 Å². The molecule has 1 saturated heterocycles. The van der Waals surface area contributed by atoms with Crippen molar-refractivity contribution in [2.24, 2.45) is 11.8 Å². The first-order chi connectivity index (χ1) is 12.7. The van der Waals surface area contributed by atoms with Crippen molar-refractivity contribution in [3.8, 4) is 0 Å². The number of para-hydroxylation sites is 1. The van der Waals surface area contributed by atoms with Crippen LogP contribution in [-0.2, 0) is 20.7 Å². The van der Waals surface area contributed by atoms with Gasteiger partial charge in [0.25, 0.3) is 0 Å². The van der Waals surface area contributed by atoms with Gasteiger partial charge < -0.3 is 14.5 Å². The quantitative estimate of drug-likeness (QED) is 0.635. The number of piperidine rings is 1. The number of rotatable bonds is 1. The monoisotopic (exact) mass is 351 g/mol. The van der Waals surface area contributed by atoms with Gasteiger partial charge in [0.2, 0.25) is 0 Å². The zero-order valence-corrected chi connectivity index (χ0v) is 15.1. The highest BCUT2D eigenvalue weighted by atomic mass is 16.5. The minimum atomic E-state index is -0.267. The molecule has 1 aromatic carbocycles. The molecule has 1 N–H and O–H groups in total. The number of fused-ring (bicyclic) bond motifs is 6. The number of nitrogens with zero attached hydrogens (tertiary/aromatic N) is 1. The van der Waals surface area contributed by atoms with E-state index < -0.39 is 0 Å². The zero-order valence-electron chi connectivity index (χ0n) is 15.1. The number of hydrogen-bond acceptors (Lipinski definition) is 3. The Morgan fingerprint density at radius 1 is 1.35 bits per heavy atom. The van der Waals surface area contributed by atoms with E-state index in [-0.39, 0.29) is 24.0 Å². The molecule has 3 aliphatic heterocycles. The van der Waals surface area contributed by atoms with Gasteiger partial charge in [-0.05, 0) is 18.6 Å². The molecule has 3 aliphatic rings. The molecule has 0 unspecified atom stereocenters. The van der Waals surface area contributed by atoms with Crippen LogP contribution in [0.4, 0.5) is 0 Å². The fraction of sp³-hybridized carbons (Fsp3) is 0.429. The summed E-state index contributed by atoms with van der Waals surface area (Å²) in [5, 5.41) is 1.31. The van der Waals surface area contributed by atoms with Gasteiger partial charge in [-0.2, -0.15) is 0 Å². The molecule has 26 heavy (non-hydrogen) atoms. The Balaban J connectivity index is 1.57. The van der Waals surface area contributed by atoms with E-state index in [2.05, 4.69) is 47.0 Å². The fourth-order valence-electron chi connectivity index (χ4n) is 4.99. The topological polar surface area (TPSA) is 54.3 Å². The van der Waals surface area contributed by atoms with Crippen molar-refractivity contribution in [3.63, 3.8) is 0 Å². The smallest absolute Gasteiger partial charge is 0.337 e. The van der Waals surface area contributed by atoms with E-state index >= 15 is 0 Å². The molecule has 0 amide bonds. The Morgan fingerprint density at radius 2 is 2.19 bits per heavy atom. The average molecular weight is 351 g/mol. The molecule has 1 aromatic heterocycles. The number of esters is 1. The normalized spacial score (nSPS) is 29.6. The first kappa shape index (κ1) is 15.7. The molecular weight excluding hydrogens is 328 g/mol. The molecule has 0 saturated carbocycles. The van der Waals surface area contributed by atoms with Crippen LogP contribution in [0.3, 0.4) is 0 Å². The lowest BCUT2D eigenvalue weighted by atomic mass is 9.73. The SMILES string of the molecule is COC(=O)C1=CO[C@@H](C)[C@@H]2C[N+]3=CCc4c([nH]c5ccccc45)[C@@H]3C[C@H]12. The molecule has 4 heterocycles. The minimum Gasteiger partial charge on any atom is -0.497 e. The van der Waals surface area contributed by atoms with Crippen LogP contribution >= 0.6 is 0 Å². The van der Waals surface area contributed by atoms with Crippen LogP contribution in [0.2, 0.25) is 0 Å². The summed E-state index contributed by atoms with van der Waals surface area (Å²) < 4.78 is 13.2. The maximum absolute atomic E-state index is 12.3. The second-order valence-electron chi connectivity index (χ2n) is 7.57. The van der Waals surface area contributed by atoms with E-state index in [1.54, 1.807) is 6.26 Å². The third-order valence-electron chi connectivity index (χ3n) is 6.36. The highest BCUT2D eigenvalue weighted by Gasteiger charge is 2.49. The Hall–Kier alpha value is -2.56. The first-order valence-electron chi connectivity index (χ1n) is 9.29. The van der Waals surface area contributed by atoms with Crippen molar-refractivity contribution in [2.45, 2.75) is 31.9 Å². The van der Waals surface area contributed by atoms with Gasteiger partial charge in [0.1, 0.15) is 18.9 Å². The number of carbonyl (C=O) groups excluding carboxylic acids is 1. The number of nitrogens with one attached hydrogen (secondary N) is 1. The van der Waals surface area contributed by atoms with E-state index in [1.165, 1.54) is 29.3 Å². The van der Waals surface area contributed by atoms with Crippen LogP contribution in [0, 0.1) is 11.8 Å². The van der Waals surface area contributed by atoms with Gasteiger partial charge in [0.15, 0.2) is 6.04 Å². The summed E-state index contributed by atoms with van der Waals surface area (Å²) in [6.07, 6.45) is 5.91. The summed E-state index contributed by atoms with van der Waals surface area (Å²) in [7, 11) is 1.44. The van der Waals surface area contributed by atoms with Gasteiger partial charge in [-0.1, -0.05) is 18.2 Å². The highest BCUT2D eigenvalue weighted by molar-refractivity contribution is 5.89. The lowest BCUT2D eigenvalue weighted by Gasteiger charge is -2.40. The maximum Gasteiger partial charge on any atom is 0.337 e. The number of methoxy groups -OCH3 is 1. The van der Waals surface area contributed by atoms with Gasteiger partial charge in [0, 0.05) is 23.2 Å². The lowest BCUT2D eigenvalue weighted by Crippen LogP contribution is -2.47. The fourth-order valence-corrected chi connectivity index (χ4v) is 4.99. The van der Waals surface area contributed by atoms with Crippen molar-refractivity contribution in [2.75, 3.05) is 13.7 Å². The maximum atomic E-state index is 12.3. The van der Waals surface area contributed by atoms with Gasteiger partial charge >= 0.3 is 5.97 Å². The van der Waals surface area contributed by atoms with Crippen molar-refractivity contribution in [1.29, 1.82) is 0 Å². The predicted molar refractivity (Wildman–Crippen MR) is 98.2 cm³/mol. The molecule has 134 valence electrons. The molecule has 5 heteroatoms. The molecule has 1 fully saturated rings. The van der Waals surface area contributed by atoms with Crippen molar-refractivity contribution in [1.82, 2.24) is 4.98 Å². The molecule has 0 spiro atoms. The van der Waals surface area contributed by atoms with Crippen molar-refractivity contribution < 1.29 is 18.8 Å². The van der Waals surface area contributed by atoms with Crippen LogP contribution in [0.15, 0.2) is 36.1 Å². The van der Waals surface area contributed by atoms with E-state index in [0.717, 1.165) is 19.4 Å². The number of benzene rings is 1. The summed E-state index contributed by atoms with van der Waals surface area (Å²) in [6, 6.07) is 8.76. The summed E-state index contributed by atoms with van der Waals surface area (Å²) in [6.45, 7) is 3.00. The van der Waals surface area contributed by atoms with E-state index in [1.807, 2.05) is 0 Å². The minimum absolute atomic E-state index is 0.104. The summed E-state index contributed by atoms with van der Waals surface area (Å²) in [4.78, 5) is 15.9. The first-order valence-corrected chi connectivity index (χ1v) is 9.29. The molecule has 0 bridgehead atoms. The van der Waals surface area contributed by atoms with Gasteiger partial charge in [-0.3, -0.25) is 0 Å². The number of ether oxygens (including phenoxy) is 2. The molecular formula is C21H23N2O3+. The Bertz CT molecular complexity index is 955. The van der Waals surface area contributed by atoms with Crippen LogP contribution in [-0.4, -0.2) is 41.5 Å². The standard InChI is InChI=1S/C21H23N2O3/c1-12-16-10-23-8-7-14-13-5-3-4-6-18(13)22-20(14)19(23)9-15(16)17(11-26-12)21(24)25-2/h3-6,8,11-12,15-16,19,22H,7,9-10H2,1-2H3/q+1/t12-,15-,16-,19-/m0/s1. The molecule has 5 rings (SSSR count). The predicted octanol–water partition coefficient (Wildman–Crippen LogP) is 2.96. The Morgan fingerprint density at radius 3 is 3.04 bits per heavy atom. The second-order valence-corrected chi connectivity index (χ2v) is 7.57. The molecule has 5 nitrogen and oxygen atoms in total. The lowest BCUT2D eigenvalue weighted by molar-refractivity contribution is -0.595. The number of aromatic amines is 1. The summed E-state index contributed by atoms with van der Waals surface area (Å²) in [5.74, 6) is 0.197. The van der Waals surface area contributed by atoms with Crippen LogP contribution in [0.25, 0.3) is 10.9 Å². The molecule has 0 aliphatic carbocycles. The van der Waals surface area contributed by atoms with Crippen molar-refractivity contribution >= 4 is 23.1 Å².